The van der Waals surface area contributed by atoms with E-state index in [2.05, 4.69) is 5.10 Å². The van der Waals surface area contributed by atoms with Crippen molar-refractivity contribution in [2.75, 3.05) is 0 Å². The second-order valence-electron chi connectivity index (χ2n) is 5.96. The third kappa shape index (κ3) is 3.80. The van der Waals surface area contributed by atoms with E-state index in [9.17, 15) is 18.8 Å². The number of hydrogen-bond donors (Lipinski definition) is 1. The highest BCUT2D eigenvalue weighted by molar-refractivity contribution is 5.90. The molecule has 1 atom stereocenters. The molecule has 142 valence electrons. The fourth-order valence-electron chi connectivity index (χ4n) is 2.64. The molecule has 7 nitrogen and oxygen atoms in total. The maximum atomic E-state index is 14.1. The molecule has 28 heavy (non-hydrogen) atoms. The molecule has 2 N–H and O–H groups in total. The van der Waals surface area contributed by atoms with Gasteiger partial charge in [0, 0.05) is 17.3 Å². The second kappa shape index (κ2) is 7.83. The number of amides is 1. The fourth-order valence-corrected chi connectivity index (χ4v) is 2.64. The minimum Gasteiger partial charge on any atom is -0.442 e. The third-order valence-corrected chi connectivity index (χ3v) is 3.97. The fraction of sp³-hybridized carbons (Fsp3) is 0.100. The van der Waals surface area contributed by atoms with Crippen molar-refractivity contribution in [2.24, 2.45) is 5.73 Å². The van der Waals surface area contributed by atoms with Gasteiger partial charge in [-0.1, -0.05) is 42.5 Å². The first-order chi connectivity index (χ1) is 13.4. The maximum absolute atomic E-state index is 14.1. The number of carbonyl (C=O) groups excluding carboxylic acids is 2. The number of aromatic nitrogens is 2. The van der Waals surface area contributed by atoms with Crippen molar-refractivity contribution in [1.29, 1.82) is 0 Å². The average Bonchev–Trinajstić information content (AvgIpc) is 2.67. The summed E-state index contributed by atoms with van der Waals surface area (Å²) in [5.41, 5.74) is 4.76. The summed E-state index contributed by atoms with van der Waals surface area (Å²) in [6, 6.07) is 15.0. The van der Waals surface area contributed by atoms with Crippen LogP contribution in [-0.4, -0.2) is 21.7 Å². The first-order valence-corrected chi connectivity index (χ1v) is 8.29. The number of halogens is 1. The molecule has 2 aromatic carbocycles. The van der Waals surface area contributed by atoms with E-state index >= 15 is 0 Å². The summed E-state index contributed by atoms with van der Waals surface area (Å²) in [6.07, 6.45) is -1.39. The molecule has 0 aliphatic carbocycles. The molecule has 0 radical (unpaired) electrons. The number of carbonyl (C=O) groups is 2. The van der Waals surface area contributed by atoms with Crippen LogP contribution < -0.4 is 11.2 Å². The van der Waals surface area contributed by atoms with Crippen molar-refractivity contribution in [3.63, 3.8) is 0 Å². The van der Waals surface area contributed by atoms with Crippen LogP contribution >= 0.6 is 0 Å². The van der Waals surface area contributed by atoms with E-state index in [-0.39, 0.29) is 5.69 Å². The smallest absolute Gasteiger partial charge is 0.364 e. The zero-order chi connectivity index (χ0) is 20.3. The van der Waals surface area contributed by atoms with Gasteiger partial charge in [-0.05, 0) is 19.1 Å². The van der Waals surface area contributed by atoms with E-state index in [1.165, 1.54) is 18.2 Å². The summed E-state index contributed by atoms with van der Waals surface area (Å²) < 4.78 is 20.4. The van der Waals surface area contributed by atoms with Crippen LogP contribution in [-0.2, 0) is 9.53 Å². The van der Waals surface area contributed by atoms with Crippen LogP contribution in [0.3, 0.4) is 0 Å². The van der Waals surface area contributed by atoms with E-state index in [0.29, 0.717) is 11.3 Å². The zero-order valence-electron chi connectivity index (χ0n) is 14.8. The molecule has 0 fully saturated rings. The lowest BCUT2D eigenvalue weighted by atomic mass is 10.1. The highest BCUT2D eigenvalue weighted by atomic mass is 19.1. The van der Waals surface area contributed by atoms with Gasteiger partial charge in [0.1, 0.15) is 11.5 Å². The molecule has 1 heterocycles. The van der Waals surface area contributed by atoms with E-state index in [4.69, 9.17) is 10.5 Å². The van der Waals surface area contributed by atoms with Gasteiger partial charge in [-0.15, -0.1) is 0 Å². The van der Waals surface area contributed by atoms with Gasteiger partial charge in [-0.25, -0.2) is 13.9 Å². The summed E-state index contributed by atoms with van der Waals surface area (Å²) in [6.45, 7) is 1.55. The molecule has 1 amide bonds. The summed E-state index contributed by atoms with van der Waals surface area (Å²) >= 11 is 0. The molecule has 8 heteroatoms. The zero-order valence-corrected chi connectivity index (χ0v) is 14.8. The Morgan fingerprint density at radius 1 is 1.11 bits per heavy atom. The van der Waals surface area contributed by atoms with Crippen LogP contribution in [0.1, 0.15) is 27.8 Å². The average molecular weight is 381 g/mol. The minimum absolute atomic E-state index is 0.0589. The predicted molar refractivity (Wildman–Crippen MR) is 98.3 cm³/mol. The van der Waals surface area contributed by atoms with Crippen LogP contribution in [0.2, 0.25) is 0 Å². The number of esters is 1. The summed E-state index contributed by atoms with van der Waals surface area (Å²) in [4.78, 5) is 36.5. The Morgan fingerprint density at radius 3 is 2.39 bits per heavy atom. The van der Waals surface area contributed by atoms with E-state index in [0.717, 1.165) is 10.7 Å². The van der Waals surface area contributed by atoms with Crippen molar-refractivity contribution >= 4 is 11.9 Å². The first kappa shape index (κ1) is 19.0. The standard InChI is InChI=1S/C20H16FN3O4/c1-12-11-16(25)17(23-24(12)15-10-6-5-9-14(15)21)20(27)28-18(19(22)26)13-7-3-2-4-8-13/h2-11,18H,1H3,(H2,22,26). The van der Waals surface area contributed by atoms with Gasteiger partial charge in [-0.2, -0.15) is 5.10 Å². The largest absolute Gasteiger partial charge is 0.442 e. The van der Waals surface area contributed by atoms with Crippen molar-refractivity contribution in [1.82, 2.24) is 9.78 Å². The number of hydrogen-bond acceptors (Lipinski definition) is 5. The number of ether oxygens (including phenoxy) is 1. The van der Waals surface area contributed by atoms with Gasteiger partial charge in [0.15, 0.2) is 0 Å². The first-order valence-electron chi connectivity index (χ1n) is 8.29. The second-order valence-corrected chi connectivity index (χ2v) is 5.96. The van der Waals surface area contributed by atoms with E-state index in [1.807, 2.05) is 0 Å². The summed E-state index contributed by atoms with van der Waals surface area (Å²) in [5.74, 6) is -2.62. The quantitative estimate of drug-likeness (QED) is 0.681. The number of nitrogens with two attached hydrogens (primary N) is 1. The maximum Gasteiger partial charge on any atom is 0.364 e. The molecule has 3 rings (SSSR count). The molecular formula is C20H16FN3O4. The molecule has 0 spiro atoms. The Kier molecular flexibility index (Phi) is 5.30. The number of aryl methyl sites for hydroxylation is 1. The molecule has 3 aromatic rings. The number of benzene rings is 2. The van der Waals surface area contributed by atoms with Crippen molar-refractivity contribution in [2.45, 2.75) is 13.0 Å². The van der Waals surface area contributed by atoms with Crippen molar-refractivity contribution in [3.8, 4) is 5.69 Å². The van der Waals surface area contributed by atoms with Crippen LogP contribution in [0.15, 0.2) is 65.5 Å². The molecule has 1 unspecified atom stereocenters. The van der Waals surface area contributed by atoms with Crippen LogP contribution in [0.5, 0.6) is 0 Å². The highest BCUT2D eigenvalue weighted by Crippen LogP contribution is 2.18. The van der Waals surface area contributed by atoms with Gasteiger partial charge >= 0.3 is 5.97 Å². The lowest BCUT2D eigenvalue weighted by molar-refractivity contribution is -0.127. The van der Waals surface area contributed by atoms with Crippen LogP contribution in [0.25, 0.3) is 5.69 Å². The Labute approximate surface area is 159 Å². The Balaban J connectivity index is 2.00. The SMILES string of the molecule is Cc1cc(=O)c(C(=O)OC(C(N)=O)c2ccccc2)nn1-c1ccccc1F. The predicted octanol–water partition coefficient (Wildman–Crippen LogP) is 2.06. The number of para-hydroxylation sites is 1. The Bertz CT molecular complexity index is 1100. The molecule has 1 aromatic heterocycles. The summed E-state index contributed by atoms with van der Waals surface area (Å²) in [5, 5.41) is 3.95. The Hall–Kier alpha value is -3.81. The van der Waals surface area contributed by atoms with Crippen LogP contribution in [0.4, 0.5) is 4.39 Å². The molecule has 0 saturated carbocycles. The number of nitrogens with zero attached hydrogens (tertiary/aromatic N) is 2. The number of rotatable bonds is 5. The summed E-state index contributed by atoms with van der Waals surface area (Å²) in [7, 11) is 0. The molecule has 0 saturated heterocycles. The third-order valence-electron chi connectivity index (χ3n) is 3.97. The minimum atomic E-state index is -1.39. The normalized spacial score (nSPS) is 11.6. The monoisotopic (exact) mass is 381 g/mol. The lowest BCUT2D eigenvalue weighted by Gasteiger charge is -2.16. The topological polar surface area (TPSA) is 104 Å². The van der Waals surface area contributed by atoms with Gasteiger partial charge in [0.25, 0.3) is 5.91 Å². The van der Waals surface area contributed by atoms with Crippen LogP contribution in [0, 0.1) is 12.7 Å². The van der Waals surface area contributed by atoms with Crippen molar-refractivity contribution in [3.05, 3.63) is 93.7 Å². The van der Waals surface area contributed by atoms with Gasteiger partial charge < -0.3 is 10.5 Å². The van der Waals surface area contributed by atoms with Gasteiger partial charge in [-0.3, -0.25) is 9.59 Å². The van der Waals surface area contributed by atoms with E-state index < -0.39 is 34.9 Å². The molecule has 0 bridgehead atoms. The molecule has 0 aliphatic rings. The number of primary amides is 1. The Morgan fingerprint density at radius 2 is 1.75 bits per heavy atom. The highest BCUT2D eigenvalue weighted by Gasteiger charge is 2.26. The molecule has 0 aliphatic heterocycles. The van der Waals surface area contributed by atoms with E-state index in [1.54, 1.807) is 43.3 Å². The van der Waals surface area contributed by atoms with Crippen molar-refractivity contribution < 1.29 is 18.7 Å². The van der Waals surface area contributed by atoms with Gasteiger partial charge in [0.2, 0.25) is 17.2 Å². The lowest BCUT2D eigenvalue weighted by Crippen LogP contribution is -2.30. The van der Waals surface area contributed by atoms with Gasteiger partial charge in [0.05, 0.1) is 0 Å². The molecular weight excluding hydrogens is 365 g/mol.